The summed E-state index contributed by atoms with van der Waals surface area (Å²) in [4.78, 5) is 7.47. The van der Waals surface area contributed by atoms with Gasteiger partial charge in [0.2, 0.25) is 0 Å². The van der Waals surface area contributed by atoms with E-state index >= 15 is 0 Å². The van der Waals surface area contributed by atoms with Crippen LogP contribution in [0, 0.1) is 13.8 Å². The number of H-pyrrole nitrogens is 1. The van der Waals surface area contributed by atoms with E-state index in [0.717, 1.165) is 11.5 Å². The summed E-state index contributed by atoms with van der Waals surface area (Å²) in [6.45, 7) is 4.24. The van der Waals surface area contributed by atoms with E-state index in [1.54, 1.807) is 0 Å². The fourth-order valence-electron chi connectivity index (χ4n) is 1.50. The molecule has 78 valence electrons. The number of hydrogen-bond donors (Lipinski definition) is 2. The summed E-state index contributed by atoms with van der Waals surface area (Å²) in [7, 11) is 0. The molecule has 0 atom stereocenters. The standard InChI is InChI=1S/C12H14N2S/c1-8-3-4-10(5-9(8)2)11-6-13-12(7-15)14-11/h3-6,15H,7H2,1-2H3,(H,13,14). The quantitative estimate of drug-likeness (QED) is 0.745. The zero-order valence-corrected chi connectivity index (χ0v) is 9.81. The van der Waals surface area contributed by atoms with Crippen LogP contribution in [0.25, 0.3) is 11.3 Å². The maximum absolute atomic E-state index is 4.23. The Morgan fingerprint density at radius 2 is 2.07 bits per heavy atom. The minimum absolute atomic E-state index is 0.644. The van der Waals surface area contributed by atoms with Crippen LogP contribution >= 0.6 is 12.6 Å². The fraction of sp³-hybridized carbons (Fsp3) is 0.250. The van der Waals surface area contributed by atoms with Crippen molar-refractivity contribution < 1.29 is 0 Å². The van der Waals surface area contributed by atoms with Gasteiger partial charge in [0.1, 0.15) is 5.82 Å². The lowest BCUT2D eigenvalue weighted by atomic mass is 10.1. The number of nitrogens with one attached hydrogen (secondary N) is 1. The second-order valence-electron chi connectivity index (χ2n) is 3.70. The van der Waals surface area contributed by atoms with Crippen molar-refractivity contribution in [2.75, 3.05) is 0 Å². The Hall–Kier alpha value is -1.22. The Kier molecular flexibility index (Phi) is 2.82. The van der Waals surface area contributed by atoms with Crippen molar-refractivity contribution in [1.82, 2.24) is 9.97 Å². The summed E-state index contributed by atoms with van der Waals surface area (Å²) in [6, 6.07) is 6.41. The highest BCUT2D eigenvalue weighted by Gasteiger charge is 2.03. The van der Waals surface area contributed by atoms with Crippen molar-refractivity contribution in [3.8, 4) is 11.3 Å². The zero-order valence-electron chi connectivity index (χ0n) is 8.91. The minimum Gasteiger partial charge on any atom is -0.341 e. The molecule has 0 unspecified atom stereocenters. The molecule has 0 spiro atoms. The molecule has 2 nitrogen and oxygen atoms in total. The first-order valence-electron chi connectivity index (χ1n) is 4.93. The van der Waals surface area contributed by atoms with Crippen molar-refractivity contribution in [3.63, 3.8) is 0 Å². The van der Waals surface area contributed by atoms with Gasteiger partial charge >= 0.3 is 0 Å². The van der Waals surface area contributed by atoms with Crippen LogP contribution in [0.15, 0.2) is 24.4 Å². The van der Waals surface area contributed by atoms with Crippen molar-refractivity contribution in [1.29, 1.82) is 0 Å². The lowest BCUT2D eigenvalue weighted by Crippen LogP contribution is -1.84. The SMILES string of the molecule is Cc1ccc(-c2cnc(CS)[nH]2)cc1C. The molecule has 0 amide bonds. The molecule has 15 heavy (non-hydrogen) atoms. The number of aromatic nitrogens is 2. The second-order valence-corrected chi connectivity index (χ2v) is 4.02. The number of nitrogens with zero attached hydrogens (tertiary/aromatic N) is 1. The molecular weight excluding hydrogens is 204 g/mol. The van der Waals surface area contributed by atoms with Crippen LogP contribution in [-0.2, 0) is 5.75 Å². The summed E-state index contributed by atoms with van der Waals surface area (Å²) in [6.07, 6.45) is 1.86. The number of imidazole rings is 1. The minimum atomic E-state index is 0.644. The fourth-order valence-corrected chi connectivity index (χ4v) is 1.66. The van der Waals surface area contributed by atoms with Crippen LogP contribution in [0.1, 0.15) is 17.0 Å². The van der Waals surface area contributed by atoms with Gasteiger partial charge in [-0.1, -0.05) is 12.1 Å². The number of aryl methyl sites for hydroxylation is 2. The van der Waals surface area contributed by atoms with Gasteiger partial charge in [0.15, 0.2) is 0 Å². The third kappa shape index (κ3) is 2.07. The molecule has 1 aromatic carbocycles. The molecule has 0 radical (unpaired) electrons. The van der Waals surface area contributed by atoms with Gasteiger partial charge in [0.25, 0.3) is 0 Å². The molecule has 0 saturated carbocycles. The monoisotopic (exact) mass is 218 g/mol. The molecule has 2 rings (SSSR count). The molecule has 0 aliphatic rings. The maximum Gasteiger partial charge on any atom is 0.116 e. The third-order valence-electron chi connectivity index (χ3n) is 2.60. The van der Waals surface area contributed by atoms with Crippen molar-refractivity contribution in [3.05, 3.63) is 41.3 Å². The Labute approximate surface area is 95.2 Å². The molecule has 0 bridgehead atoms. The normalized spacial score (nSPS) is 10.6. The van der Waals surface area contributed by atoms with Crippen molar-refractivity contribution in [2.45, 2.75) is 19.6 Å². The van der Waals surface area contributed by atoms with Crippen molar-refractivity contribution in [2.24, 2.45) is 0 Å². The topological polar surface area (TPSA) is 28.7 Å². The Bertz CT molecular complexity index is 474. The first-order valence-corrected chi connectivity index (χ1v) is 5.56. The van der Waals surface area contributed by atoms with Crippen molar-refractivity contribution >= 4 is 12.6 Å². The number of benzene rings is 1. The highest BCUT2D eigenvalue weighted by molar-refractivity contribution is 7.79. The van der Waals surface area contributed by atoms with Crippen LogP contribution in [0.3, 0.4) is 0 Å². The summed E-state index contributed by atoms with van der Waals surface area (Å²) < 4.78 is 0. The van der Waals surface area contributed by atoms with Gasteiger partial charge in [0.05, 0.1) is 11.9 Å². The van der Waals surface area contributed by atoms with Crippen LogP contribution in [0.5, 0.6) is 0 Å². The summed E-state index contributed by atoms with van der Waals surface area (Å²) in [5.74, 6) is 1.55. The van der Waals surface area contributed by atoms with E-state index < -0.39 is 0 Å². The van der Waals surface area contributed by atoms with E-state index in [4.69, 9.17) is 0 Å². The Morgan fingerprint density at radius 1 is 1.27 bits per heavy atom. The van der Waals surface area contributed by atoms with Gasteiger partial charge in [-0.2, -0.15) is 12.6 Å². The molecule has 1 aromatic heterocycles. The molecular formula is C12H14N2S. The highest BCUT2D eigenvalue weighted by Crippen LogP contribution is 2.20. The van der Waals surface area contributed by atoms with Gasteiger partial charge < -0.3 is 4.98 Å². The summed E-state index contributed by atoms with van der Waals surface area (Å²) >= 11 is 4.18. The molecule has 3 heteroatoms. The number of aromatic amines is 1. The van der Waals surface area contributed by atoms with Crippen LogP contribution in [0.2, 0.25) is 0 Å². The largest absolute Gasteiger partial charge is 0.341 e. The number of thiol groups is 1. The summed E-state index contributed by atoms with van der Waals surface area (Å²) in [5, 5.41) is 0. The molecule has 0 saturated heterocycles. The lowest BCUT2D eigenvalue weighted by molar-refractivity contribution is 1.13. The average Bonchev–Trinajstić information content (AvgIpc) is 2.70. The van der Waals surface area contributed by atoms with E-state index in [2.05, 4.69) is 54.6 Å². The Balaban J connectivity index is 2.40. The van der Waals surface area contributed by atoms with Gasteiger partial charge in [-0.3, -0.25) is 0 Å². The second kappa shape index (κ2) is 4.11. The summed E-state index contributed by atoms with van der Waals surface area (Å²) in [5.41, 5.74) is 4.85. The van der Waals surface area contributed by atoms with Gasteiger partial charge in [-0.05, 0) is 36.6 Å². The van der Waals surface area contributed by atoms with E-state index in [0.29, 0.717) is 5.75 Å². The Morgan fingerprint density at radius 3 is 2.67 bits per heavy atom. The third-order valence-corrected chi connectivity index (χ3v) is 2.90. The smallest absolute Gasteiger partial charge is 0.116 e. The molecule has 0 aliphatic carbocycles. The predicted octanol–water partition coefficient (Wildman–Crippen LogP) is 3.12. The zero-order chi connectivity index (χ0) is 10.8. The average molecular weight is 218 g/mol. The number of rotatable bonds is 2. The predicted molar refractivity (Wildman–Crippen MR) is 66.2 cm³/mol. The van der Waals surface area contributed by atoms with E-state index in [-0.39, 0.29) is 0 Å². The van der Waals surface area contributed by atoms with E-state index in [9.17, 15) is 0 Å². The van der Waals surface area contributed by atoms with Gasteiger partial charge in [-0.25, -0.2) is 4.98 Å². The first-order chi connectivity index (χ1) is 7.20. The first kappa shape index (κ1) is 10.3. The van der Waals surface area contributed by atoms with E-state index in [1.807, 2.05) is 6.20 Å². The molecule has 0 fully saturated rings. The lowest BCUT2D eigenvalue weighted by Gasteiger charge is -2.02. The molecule has 0 aliphatic heterocycles. The molecule has 1 N–H and O–H groups in total. The number of hydrogen-bond acceptors (Lipinski definition) is 2. The van der Waals surface area contributed by atoms with Crippen LogP contribution < -0.4 is 0 Å². The van der Waals surface area contributed by atoms with Crippen LogP contribution in [-0.4, -0.2) is 9.97 Å². The van der Waals surface area contributed by atoms with Crippen LogP contribution in [0.4, 0.5) is 0 Å². The van der Waals surface area contributed by atoms with E-state index in [1.165, 1.54) is 16.7 Å². The highest BCUT2D eigenvalue weighted by atomic mass is 32.1. The molecule has 1 heterocycles. The molecule has 2 aromatic rings. The van der Waals surface area contributed by atoms with Gasteiger partial charge in [0, 0.05) is 5.75 Å². The maximum atomic E-state index is 4.23. The van der Waals surface area contributed by atoms with Gasteiger partial charge in [-0.15, -0.1) is 0 Å².